The zero-order valence-corrected chi connectivity index (χ0v) is 15.0. The Morgan fingerprint density at radius 1 is 1.48 bits per heavy atom. The van der Waals surface area contributed by atoms with E-state index in [9.17, 15) is 13.6 Å². The highest BCUT2D eigenvalue weighted by Gasteiger charge is 2.45. The zero-order valence-electron chi connectivity index (χ0n) is 13.4. The monoisotopic (exact) mass is 414 g/mol. The molecule has 134 valence electrons. The molecule has 1 N–H and O–H groups in total. The van der Waals surface area contributed by atoms with Gasteiger partial charge < -0.3 is 9.53 Å². The minimum atomic E-state index is -3.25. The third kappa shape index (κ3) is 3.39. The number of carbonyl (C=O) groups is 1. The second-order valence-corrected chi connectivity index (χ2v) is 6.75. The van der Waals surface area contributed by atoms with Crippen molar-refractivity contribution in [1.82, 2.24) is 10.4 Å². The summed E-state index contributed by atoms with van der Waals surface area (Å²) in [7, 11) is 1.17. The number of morpholine rings is 1. The molecule has 1 aromatic carbocycles. The number of hydrogen-bond acceptors (Lipinski definition) is 5. The van der Waals surface area contributed by atoms with Gasteiger partial charge in [0.15, 0.2) is 0 Å². The highest BCUT2D eigenvalue weighted by molar-refractivity contribution is 9.10. The summed E-state index contributed by atoms with van der Waals surface area (Å²) in [5.74, 6) is 0. The molecule has 0 spiro atoms. The van der Waals surface area contributed by atoms with Gasteiger partial charge in [0, 0.05) is 16.7 Å². The molecule has 2 atom stereocenters. The number of aldehydes is 1. The van der Waals surface area contributed by atoms with Gasteiger partial charge in [-0.15, -0.1) is 0 Å². The number of rotatable bonds is 4. The summed E-state index contributed by atoms with van der Waals surface area (Å²) in [6.45, 7) is 0.410. The summed E-state index contributed by atoms with van der Waals surface area (Å²) in [6.07, 6.45) is 4.07. The van der Waals surface area contributed by atoms with Gasteiger partial charge in [-0.3, -0.25) is 10.2 Å². The van der Waals surface area contributed by atoms with Crippen LogP contribution in [0.5, 0.6) is 0 Å². The molecule has 8 heteroatoms. The summed E-state index contributed by atoms with van der Waals surface area (Å²) >= 11 is 3.42. The molecule has 2 unspecified atom stereocenters. The molecule has 0 saturated carbocycles. The largest absolute Gasteiger partial charge is 0.377 e. The van der Waals surface area contributed by atoms with E-state index in [1.165, 1.54) is 19.4 Å². The van der Waals surface area contributed by atoms with Crippen LogP contribution < -0.4 is 5.32 Å². The van der Waals surface area contributed by atoms with Crippen LogP contribution in [0.15, 0.2) is 52.7 Å². The third-order valence-electron chi connectivity index (χ3n) is 4.23. The molecule has 5 nitrogen and oxygen atoms in total. The average molecular weight is 415 g/mol. The van der Waals surface area contributed by atoms with Crippen LogP contribution in [0.4, 0.5) is 8.78 Å². The fourth-order valence-electron chi connectivity index (χ4n) is 3.01. The maximum absolute atomic E-state index is 13.9. The fraction of sp³-hybridized carbons (Fsp3) is 0.353. The molecular formula is C17H17BrF2N2O3. The lowest BCUT2D eigenvalue weighted by Crippen LogP contribution is -2.59. The Hall–Kier alpha value is -1.61. The van der Waals surface area contributed by atoms with E-state index in [2.05, 4.69) is 21.2 Å². The lowest BCUT2D eigenvalue weighted by Gasteiger charge is -2.44. The summed E-state index contributed by atoms with van der Waals surface area (Å²) in [5.41, 5.74) is 0.327. The molecule has 2 aliphatic heterocycles. The zero-order chi connectivity index (χ0) is 18.1. The molecular weight excluding hydrogens is 398 g/mol. The Bertz CT molecular complexity index is 726. The van der Waals surface area contributed by atoms with Crippen LogP contribution in [0.1, 0.15) is 5.56 Å². The summed E-state index contributed by atoms with van der Waals surface area (Å²) in [4.78, 5) is 16.1. The first-order valence-corrected chi connectivity index (χ1v) is 8.40. The van der Waals surface area contributed by atoms with E-state index in [4.69, 9.17) is 9.57 Å². The van der Waals surface area contributed by atoms with Crippen molar-refractivity contribution in [3.05, 3.63) is 58.2 Å². The van der Waals surface area contributed by atoms with Crippen LogP contribution in [0.3, 0.4) is 0 Å². The first-order valence-electron chi connectivity index (χ1n) is 7.61. The topological polar surface area (TPSA) is 50.8 Å². The van der Waals surface area contributed by atoms with Crippen LogP contribution >= 0.6 is 15.9 Å². The molecule has 2 heterocycles. The summed E-state index contributed by atoms with van der Waals surface area (Å²) in [6, 6.07) is 3.60. The lowest BCUT2D eigenvalue weighted by atomic mass is 9.81. The molecule has 0 amide bonds. The van der Waals surface area contributed by atoms with Crippen molar-refractivity contribution >= 4 is 22.2 Å². The smallest absolute Gasteiger partial charge is 0.367 e. The predicted octanol–water partition coefficient (Wildman–Crippen LogP) is 2.74. The van der Waals surface area contributed by atoms with Crippen LogP contribution in [-0.2, 0) is 19.9 Å². The van der Waals surface area contributed by atoms with Gasteiger partial charge in [-0.25, -0.2) is 0 Å². The molecule has 2 aliphatic rings. The normalized spacial score (nSPS) is 28.6. The molecule has 0 aromatic heterocycles. The number of ether oxygens (including phenoxy) is 1. The Labute approximate surface area is 152 Å². The highest BCUT2D eigenvalue weighted by atomic mass is 79.9. The van der Waals surface area contributed by atoms with E-state index in [1.807, 2.05) is 24.3 Å². The van der Waals surface area contributed by atoms with E-state index in [-0.39, 0.29) is 13.2 Å². The lowest BCUT2D eigenvalue weighted by molar-refractivity contribution is -0.250. The summed E-state index contributed by atoms with van der Waals surface area (Å²) < 4.78 is 34.3. The van der Waals surface area contributed by atoms with Gasteiger partial charge >= 0.3 is 6.05 Å². The molecule has 0 aliphatic carbocycles. The number of nitrogens with one attached hydrogen (secondary N) is 1. The van der Waals surface area contributed by atoms with Crippen molar-refractivity contribution in [2.24, 2.45) is 0 Å². The number of halogens is 3. The molecule has 1 fully saturated rings. The van der Waals surface area contributed by atoms with E-state index in [1.54, 1.807) is 0 Å². The van der Waals surface area contributed by atoms with Crippen molar-refractivity contribution in [2.75, 3.05) is 20.3 Å². The summed E-state index contributed by atoms with van der Waals surface area (Å²) in [5, 5.41) is 3.72. The predicted molar refractivity (Wildman–Crippen MR) is 90.6 cm³/mol. The van der Waals surface area contributed by atoms with Crippen molar-refractivity contribution < 1.29 is 23.1 Å². The Morgan fingerprint density at radius 3 is 2.96 bits per heavy atom. The second kappa shape index (κ2) is 6.95. The van der Waals surface area contributed by atoms with Crippen molar-refractivity contribution in [3.8, 4) is 0 Å². The molecule has 0 radical (unpaired) electrons. The number of benzene rings is 1. The first-order chi connectivity index (χ1) is 11.9. The third-order valence-corrected chi connectivity index (χ3v) is 4.73. The molecule has 1 aromatic rings. The van der Waals surface area contributed by atoms with Gasteiger partial charge in [0.25, 0.3) is 0 Å². The Kier molecular flexibility index (Phi) is 5.06. The number of hydrogen-bond donors (Lipinski definition) is 1. The van der Waals surface area contributed by atoms with Gasteiger partial charge in [-0.1, -0.05) is 34.1 Å². The average Bonchev–Trinajstić information content (AvgIpc) is 2.61. The van der Waals surface area contributed by atoms with Crippen molar-refractivity contribution in [2.45, 2.75) is 17.6 Å². The van der Waals surface area contributed by atoms with E-state index < -0.39 is 17.6 Å². The highest BCUT2D eigenvalue weighted by Crippen LogP contribution is 2.39. The Morgan fingerprint density at radius 2 is 2.28 bits per heavy atom. The molecule has 0 bridgehead atoms. The van der Waals surface area contributed by atoms with Crippen LogP contribution in [0.25, 0.3) is 0 Å². The van der Waals surface area contributed by atoms with Gasteiger partial charge in [0.2, 0.25) is 0 Å². The second-order valence-electron chi connectivity index (χ2n) is 5.83. The fourth-order valence-corrected chi connectivity index (χ4v) is 3.41. The van der Waals surface area contributed by atoms with Gasteiger partial charge in [-0.05, 0) is 23.3 Å². The SMILES string of the molecule is CON1C=C(C2(c3cccc(Br)c3)COCC(C=O)N2)C=CC1(F)F. The minimum absolute atomic E-state index is 0.188. The quantitative estimate of drug-likeness (QED) is 0.606. The number of carbonyl (C=O) groups excluding carboxylic acids is 1. The van der Waals surface area contributed by atoms with Gasteiger partial charge in [-0.2, -0.15) is 13.8 Å². The molecule has 3 rings (SSSR count). The maximum Gasteiger partial charge on any atom is 0.367 e. The number of nitrogens with zero attached hydrogens (tertiary/aromatic N) is 1. The first kappa shape index (κ1) is 18.2. The number of alkyl halides is 2. The Balaban J connectivity index is 2.11. The number of hydroxylamine groups is 2. The van der Waals surface area contributed by atoms with Gasteiger partial charge in [0.1, 0.15) is 6.29 Å². The molecule has 25 heavy (non-hydrogen) atoms. The van der Waals surface area contributed by atoms with Crippen LogP contribution in [0, 0.1) is 0 Å². The van der Waals surface area contributed by atoms with Gasteiger partial charge in [0.05, 0.1) is 31.9 Å². The van der Waals surface area contributed by atoms with Crippen LogP contribution in [-0.4, -0.2) is 43.8 Å². The van der Waals surface area contributed by atoms with Crippen LogP contribution in [0.2, 0.25) is 0 Å². The van der Waals surface area contributed by atoms with E-state index in [0.29, 0.717) is 10.6 Å². The molecule has 1 saturated heterocycles. The van der Waals surface area contributed by atoms with Crippen molar-refractivity contribution in [3.63, 3.8) is 0 Å². The standard InChI is InChI=1S/C17H17BrF2N2O3/c1-24-22-8-13(5-6-17(22,19)20)16(11-25-10-15(9-23)21-16)12-3-2-4-14(18)7-12/h2-9,15,21H,10-11H2,1H3. The van der Waals surface area contributed by atoms with Crippen molar-refractivity contribution in [1.29, 1.82) is 0 Å². The van der Waals surface area contributed by atoms with E-state index in [0.717, 1.165) is 22.4 Å². The minimum Gasteiger partial charge on any atom is -0.377 e. The van der Waals surface area contributed by atoms with E-state index >= 15 is 0 Å². The maximum atomic E-state index is 13.9.